The number of hydrogen-bond acceptors (Lipinski definition) is 9. The number of rotatable bonds is 5. The third-order valence-corrected chi connectivity index (χ3v) is 4.03. The molecule has 3 aromatic rings. The number of ether oxygens (including phenoxy) is 4. The molecule has 0 atom stereocenters. The van der Waals surface area contributed by atoms with Gasteiger partial charge in [0.05, 0.1) is 12.4 Å². The predicted octanol–water partition coefficient (Wildman–Crippen LogP) is 2.06. The summed E-state index contributed by atoms with van der Waals surface area (Å²) in [5, 5.41) is 16.3. The van der Waals surface area contributed by atoms with Crippen molar-refractivity contribution in [2.24, 2.45) is 10.2 Å². The molecule has 10 nitrogen and oxygen atoms in total. The highest BCUT2D eigenvalue weighted by Crippen LogP contribution is 2.32. The van der Waals surface area contributed by atoms with E-state index in [1.165, 1.54) is 11.0 Å². The second-order valence-corrected chi connectivity index (χ2v) is 5.84. The smallest absolute Gasteiger partial charge is 0.265 e. The van der Waals surface area contributed by atoms with E-state index in [-0.39, 0.29) is 13.6 Å². The van der Waals surface area contributed by atoms with E-state index in [1.54, 1.807) is 12.4 Å². The lowest BCUT2D eigenvalue weighted by atomic mass is 10.2. The molecule has 2 aromatic carbocycles. The molecule has 3 heterocycles. The Morgan fingerprint density at radius 1 is 0.857 bits per heavy atom. The number of fused-ring (bicyclic) bond motifs is 2. The third-order valence-electron chi connectivity index (χ3n) is 4.03. The maximum Gasteiger partial charge on any atom is 0.265 e. The van der Waals surface area contributed by atoms with E-state index in [1.807, 2.05) is 36.4 Å². The molecule has 0 spiro atoms. The van der Waals surface area contributed by atoms with Crippen molar-refractivity contribution in [3.8, 4) is 23.0 Å². The lowest BCUT2D eigenvalue weighted by molar-refractivity contribution is 0.173. The molecule has 10 heteroatoms. The Morgan fingerprint density at radius 3 is 2.21 bits per heavy atom. The first-order valence-electron chi connectivity index (χ1n) is 8.38. The van der Waals surface area contributed by atoms with Crippen LogP contribution in [-0.4, -0.2) is 40.9 Å². The van der Waals surface area contributed by atoms with Gasteiger partial charge < -0.3 is 18.9 Å². The second kappa shape index (κ2) is 6.91. The van der Waals surface area contributed by atoms with Crippen molar-refractivity contribution in [1.29, 1.82) is 0 Å². The summed E-state index contributed by atoms with van der Waals surface area (Å²) in [4.78, 5) is 0. The Hall–Kier alpha value is -4.08. The second-order valence-electron chi connectivity index (χ2n) is 5.84. The molecule has 140 valence electrons. The average molecular weight is 378 g/mol. The SMILES string of the molecule is C(=NNc1nncn1N=Cc1ccc2c(c1)OCO2)c1ccc2c(c1)OCO2. The highest BCUT2D eigenvalue weighted by Gasteiger charge is 2.13. The minimum absolute atomic E-state index is 0.233. The van der Waals surface area contributed by atoms with Gasteiger partial charge in [0.1, 0.15) is 6.33 Å². The normalized spacial score (nSPS) is 14.3. The predicted molar refractivity (Wildman–Crippen MR) is 99.4 cm³/mol. The van der Waals surface area contributed by atoms with Gasteiger partial charge >= 0.3 is 0 Å². The lowest BCUT2D eigenvalue weighted by Gasteiger charge is -2.00. The van der Waals surface area contributed by atoms with Gasteiger partial charge in [0.15, 0.2) is 23.0 Å². The van der Waals surface area contributed by atoms with Crippen molar-refractivity contribution in [2.75, 3.05) is 19.0 Å². The molecular formula is C18H14N6O4. The van der Waals surface area contributed by atoms with Crippen LogP contribution in [0.25, 0.3) is 0 Å². The molecule has 0 saturated heterocycles. The summed E-state index contributed by atoms with van der Waals surface area (Å²) < 4.78 is 22.8. The monoisotopic (exact) mass is 378 g/mol. The molecule has 0 amide bonds. The molecule has 1 aromatic heterocycles. The molecule has 2 aliphatic heterocycles. The lowest BCUT2D eigenvalue weighted by Crippen LogP contribution is -1.99. The molecule has 0 bridgehead atoms. The van der Waals surface area contributed by atoms with Gasteiger partial charge in [0.25, 0.3) is 5.95 Å². The summed E-state index contributed by atoms with van der Waals surface area (Å²) >= 11 is 0. The fourth-order valence-electron chi connectivity index (χ4n) is 2.67. The average Bonchev–Trinajstić information content (AvgIpc) is 3.46. The van der Waals surface area contributed by atoms with Crippen LogP contribution >= 0.6 is 0 Å². The van der Waals surface area contributed by atoms with E-state index in [4.69, 9.17) is 18.9 Å². The summed E-state index contributed by atoms with van der Waals surface area (Å²) in [6.45, 7) is 0.468. The Morgan fingerprint density at radius 2 is 1.50 bits per heavy atom. The molecular weight excluding hydrogens is 364 g/mol. The van der Waals surface area contributed by atoms with Gasteiger partial charge in [-0.2, -0.15) is 14.9 Å². The number of nitrogens with one attached hydrogen (secondary N) is 1. The van der Waals surface area contributed by atoms with Crippen molar-refractivity contribution >= 4 is 18.4 Å². The topological polar surface area (TPSA) is 104 Å². The van der Waals surface area contributed by atoms with Crippen LogP contribution in [0.2, 0.25) is 0 Å². The first kappa shape index (κ1) is 16.1. The van der Waals surface area contributed by atoms with Gasteiger partial charge in [-0.3, -0.25) is 0 Å². The zero-order valence-electron chi connectivity index (χ0n) is 14.5. The molecule has 0 saturated carbocycles. The number of nitrogens with zero attached hydrogens (tertiary/aromatic N) is 5. The van der Waals surface area contributed by atoms with E-state index in [0.717, 1.165) is 22.6 Å². The van der Waals surface area contributed by atoms with Crippen LogP contribution in [-0.2, 0) is 0 Å². The Kier molecular flexibility index (Phi) is 3.98. The zero-order chi connectivity index (χ0) is 18.8. The van der Waals surface area contributed by atoms with Crippen LogP contribution in [0.5, 0.6) is 23.0 Å². The summed E-state index contributed by atoms with van der Waals surface area (Å²) in [5.74, 6) is 3.21. The summed E-state index contributed by atoms with van der Waals surface area (Å²) in [6.07, 6.45) is 4.78. The van der Waals surface area contributed by atoms with Crippen molar-refractivity contribution in [3.63, 3.8) is 0 Å². The Labute approximate surface area is 159 Å². The van der Waals surface area contributed by atoms with Crippen molar-refractivity contribution in [3.05, 3.63) is 53.9 Å². The van der Waals surface area contributed by atoms with Crippen LogP contribution in [0.3, 0.4) is 0 Å². The largest absolute Gasteiger partial charge is 0.454 e. The van der Waals surface area contributed by atoms with E-state index < -0.39 is 0 Å². The van der Waals surface area contributed by atoms with Gasteiger partial charge in [0, 0.05) is 0 Å². The minimum atomic E-state index is 0.233. The van der Waals surface area contributed by atoms with E-state index >= 15 is 0 Å². The van der Waals surface area contributed by atoms with Crippen LogP contribution in [0.15, 0.2) is 52.9 Å². The molecule has 0 unspecified atom stereocenters. The zero-order valence-corrected chi connectivity index (χ0v) is 14.5. The van der Waals surface area contributed by atoms with Crippen molar-refractivity contribution in [1.82, 2.24) is 14.9 Å². The molecule has 0 radical (unpaired) electrons. The standard InChI is InChI=1S/C18H14N6O4/c1-3-14-16(27-10-25-14)5-12(1)7-19-22-18-23-20-9-24(18)21-8-13-2-4-15-17(6-13)28-11-26-15/h1-9H,10-11H2,(H,22,23). The summed E-state index contributed by atoms with van der Waals surface area (Å²) in [7, 11) is 0. The first-order valence-corrected chi connectivity index (χ1v) is 8.38. The van der Waals surface area contributed by atoms with Gasteiger partial charge in [0.2, 0.25) is 13.6 Å². The number of benzene rings is 2. The number of hydrazone groups is 1. The number of hydrogen-bond donors (Lipinski definition) is 1. The maximum absolute atomic E-state index is 5.36. The van der Waals surface area contributed by atoms with E-state index in [0.29, 0.717) is 17.4 Å². The van der Waals surface area contributed by atoms with Crippen LogP contribution < -0.4 is 24.4 Å². The van der Waals surface area contributed by atoms with E-state index in [9.17, 15) is 0 Å². The highest BCUT2D eigenvalue weighted by atomic mass is 16.7. The molecule has 5 rings (SSSR count). The molecule has 28 heavy (non-hydrogen) atoms. The highest BCUT2D eigenvalue weighted by molar-refractivity contribution is 5.82. The Bertz CT molecular complexity index is 1080. The maximum atomic E-state index is 5.36. The quantitative estimate of drug-likeness (QED) is 0.535. The van der Waals surface area contributed by atoms with Crippen molar-refractivity contribution < 1.29 is 18.9 Å². The fraction of sp³-hybridized carbons (Fsp3) is 0.111. The molecule has 0 aliphatic carbocycles. The number of aromatic nitrogens is 3. The van der Waals surface area contributed by atoms with Gasteiger partial charge in [-0.15, -0.1) is 10.2 Å². The van der Waals surface area contributed by atoms with E-state index in [2.05, 4.69) is 25.8 Å². The van der Waals surface area contributed by atoms with Gasteiger partial charge in [-0.25, -0.2) is 5.43 Å². The van der Waals surface area contributed by atoms with Gasteiger partial charge in [-0.05, 0) is 47.5 Å². The van der Waals surface area contributed by atoms with Crippen LogP contribution in [0.4, 0.5) is 5.95 Å². The fourth-order valence-corrected chi connectivity index (χ4v) is 2.67. The van der Waals surface area contributed by atoms with Crippen LogP contribution in [0, 0.1) is 0 Å². The Balaban J connectivity index is 1.27. The first-order chi connectivity index (χ1) is 13.8. The van der Waals surface area contributed by atoms with Crippen molar-refractivity contribution in [2.45, 2.75) is 0 Å². The van der Waals surface area contributed by atoms with Gasteiger partial charge in [-0.1, -0.05) is 0 Å². The summed E-state index contributed by atoms with van der Waals surface area (Å²) in [6, 6.07) is 11.1. The molecule has 1 N–H and O–H groups in total. The van der Waals surface area contributed by atoms with Crippen LogP contribution in [0.1, 0.15) is 11.1 Å². The number of anilines is 1. The molecule has 0 fully saturated rings. The molecule has 2 aliphatic rings. The summed E-state index contributed by atoms with van der Waals surface area (Å²) in [5.41, 5.74) is 4.52. The third kappa shape index (κ3) is 3.18. The minimum Gasteiger partial charge on any atom is -0.454 e.